The van der Waals surface area contributed by atoms with Crippen molar-refractivity contribution in [2.75, 3.05) is 5.32 Å². The van der Waals surface area contributed by atoms with Crippen LogP contribution in [0.2, 0.25) is 0 Å². The van der Waals surface area contributed by atoms with Crippen molar-refractivity contribution in [1.29, 1.82) is 0 Å². The van der Waals surface area contributed by atoms with Crippen molar-refractivity contribution >= 4 is 5.69 Å². The first-order valence-corrected chi connectivity index (χ1v) is 6.65. The Morgan fingerprint density at radius 1 is 0.818 bits per heavy atom. The zero-order valence-electron chi connectivity index (χ0n) is 11.4. The van der Waals surface area contributed by atoms with Crippen molar-refractivity contribution in [1.82, 2.24) is 0 Å². The van der Waals surface area contributed by atoms with E-state index < -0.39 is 11.6 Å². The highest BCUT2D eigenvalue weighted by molar-refractivity contribution is 5.58. The van der Waals surface area contributed by atoms with E-state index in [2.05, 4.69) is 5.32 Å². The first-order valence-electron chi connectivity index (χ1n) is 6.65. The van der Waals surface area contributed by atoms with Crippen LogP contribution in [0.3, 0.4) is 0 Å². The molecule has 1 aromatic heterocycles. The number of benzene rings is 2. The van der Waals surface area contributed by atoms with Gasteiger partial charge in [0.25, 0.3) is 0 Å². The third-order valence-electron chi connectivity index (χ3n) is 3.17. The second kappa shape index (κ2) is 5.97. The molecule has 3 aromatic rings. The molecular formula is C17H12F3NO. The normalized spacial score (nSPS) is 10.7. The van der Waals surface area contributed by atoms with Crippen LogP contribution in [-0.4, -0.2) is 0 Å². The molecule has 0 spiro atoms. The van der Waals surface area contributed by atoms with Crippen LogP contribution in [0.15, 0.2) is 59.0 Å². The molecular weight excluding hydrogens is 291 g/mol. The predicted molar refractivity (Wildman–Crippen MR) is 77.8 cm³/mol. The molecule has 2 aromatic carbocycles. The van der Waals surface area contributed by atoms with E-state index in [1.165, 1.54) is 24.3 Å². The Morgan fingerprint density at radius 2 is 1.55 bits per heavy atom. The summed E-state index contributed by atoms with van der Waals surface area (Å²) in [5, 5.41) is 3.06. The van der Waals surface area contributed by atoms with Crippen molar-refractivity contribution in [2.45, 2.75) is 6.54 Å². The van der Waals surface area contributed by atoms with Gasteiger partial charge in [0.2, 0.25) is 0 Å². The maximum absolute atomic E-state index is 13.7. The first-order chi connectivity index (χ1) is 10.6. The average molecular weight is 303 g/mol. The topological polar surface area (TPSA) is 25.2 Å². The molecule has 0 atom stereocenters. The number of halogens is 3. The van der Waals surface area contributed by atoms with Gasteiger partial charge in [-0.25, -0.2) is 13.2 Å². The molecule has 2 nitrogen and oxygen atoms in total. The van der Waals surface area contributed by atoms with Gasteiger partial charge in [-0.05, 0) is 48.5 Å². The fourth-order valence-corrected chi connectivity index (χ4v) is 2.06. The van der Waals surface area contributed by atoms with Crippen molar-refractivity contribution < 1.29 is 17.6 Å². The third-order valence-corrected chi connectivity index (χ3v) is 3.17. The van der Waals surface area contributed by atoms with E-state index in [0.29, 0.717) is 18.1 Å². The molecule has 112 valence electrons. The van der Waals surface area contributed by atoms with E-state index >= 15 is 0 Å². The number of hydrogen-bond acceptors (Lipinski definition) is 2. The van der Waals surface area contributed by atoms with Crippen molar-refractivity contribution in [3.05, 3.63) is 77.8 Å². The lowest BCUT2D eigenvalue weighted by Crippen LogP contribution is -1.97. The Labute approximate surface area is 125 Å². The van der Waals surface area contributed by atoms with Crippen LogP contribution in [0, 0.1) is 17.5 Å². The predicted octanol–water partition coefficient (Wildman–Crippen LogP) is 4.98. The Morgan fingerprint density at radius 3 is 2.27 bits per heavy atom. The lowest BCUT2D eigenvalue weighted by atomic mass is 10.1. The number of hydrogen-bond donors (Lipinski definition) is 1. The Hall–Kier alpha value is -2.69. The van der Waals surface area contributed by atoms with Gasteiger partial charge < -0.3 is 9.73 Å². The number of anilines is 1. The number of furan rings is 1. The molecule has 5 heteroatoms. The standard InChI is InChI=1S/C17H12F3NO/c18-11-1-4-13(5-2-11)21-10-14-6-8-17(22-14)15-7-3-12(19)9-16(15)20/h1-9,21H,10H2. The van der Waals surface area contributed by atoms with Crippen LogP contribution in [0.5, 0.6) is 0 Å². The van der Waals surface area contributed by atoms with Crippen molar-refractivity contribution in [3.8, 4) is 11.3 Å². The van der Waals surface area contributed by atoms with Crippen LogP contribution < -0.4 is 5.32 Å². The molecule has 0 unspecified atom stereocenters. The van der Waals surface area contributed by atoms with Crippen molar-refractivity contribution in [2.24, 2.45) is 0 Å². The Kier molecular flexibility index (Phi) is 3.87. The summed E-state index contributed by atoms with van der Waals surface area (Å²) in [6.07, 6.45) is 0. The molecule has 22 heavy (non-hydrogen) atoms. The fourth-order valence-electron chi connectivity index (χ4n) is 2.06. The van der Waals surface area contributed by atoms with Gasteiger partial charge in [-0.1, -0.05) is 0 Å². The highest BCUT2D eigenvalue weighted by Crippen LogP contribution is 2.26. The van der Waals surface area contributed by atoms with Crippen LogP contribution in [0.4, 0.5) is 18.9 Å². The molecule has 0 saturated heterocycles. The summed E-state index contributed by atoms with van der Waals surface area (Å²) in [6, 6.07) is 12.6. The molecule has 0 saturated carbocycles. The van der Waals surface area contributed by atoms with Gasteiger partial charge in [-0.15, -0.1) is 0 Å². The zero-order valence-corrected chi connectivity index (χ0v) is 11.4. The average Bonchev–Trinajstić information content (AvgIpc) is 2.95. The lowest BCUT2D eigenvalue weighted by molar-refractivity contribution is 0.523. The third kappa shape index (κ3) is 3.14. The van der Waals surface area contributed by atoms with E-state index in [4.69, 9.17) is 4.42 Å². The van der Waals surface area contributed by atoms with Crippen LogP contribution >= 0.6 is 0 Å². The lowest BCUT2D eigenvalue weighted by Gasteiger charge is -2.04. The molecule has 0 radical (unpaired) electrons. The largest absolute Gasteiger partial charge is 0.459 e. The van der Waals surface area contributed by atoms with E-state index in [1.807, 2.05) is 0 Å². The van der Waals surface area contributed by atoms with Gasteiger partial charge in [-0.3, -0.25) is 0 Å². The quantitative estimate of drug-likeness (QED) is 0.735. The molecule has 1 N–H and O–H groups in total. The molecule has 0 amide bonds. The van der Waals surface area contributed by atoms with Gasteiger partial charge in [0, 0.05) is 11.8 Å². The molecule has 0 fully saturated rings. The van der Waals surface area contributed by atoms with Gasteiger partial charge in [0.05, 0.1) is 12.1 Å². The van der Waals surface area contributed by atoms with E-state index in [9.17, 15) is 13.2 Å². The SMILES string of the molecule is Fc1ccc(NCc2ccc(-c3ccc(F)cc3F)o2)cc1. The molecule has 3 rings (SSSR count). The number of nitrogens with one attached hydrogen (secondary N) is 1. The molecule has 1 heterocycles. The number of rotatable bonds is 4. The minimum atomic E-state index is -0.674. The van der Waals surface area contributed by atoms with Crippen LogP contribution in [0.25, 0.3) is 11.3 Å². The summed E-state index contributed by atoms with van der Waals surface area (Å²) in [5.74, 6) is -0.701. The summed E-state index contributed by atoms with van der Waals surface area (Å²) in [4.78, 5) is 0. The highest BCUT2D eigenvalue weighted by atomic mass is 19.1. The summed E-state index contributed by atoms with van der Waals surface area (Å²) >= 11 is 0. The maximum atomic E-state index is 13.7. The second-order valence-electron chi connectivity index (χ2n) is 4.75. The van der Waals surface area contributed by atoms with Gasteiger partial charge in [0.1, 0.15) is 29.0 Å². The first kappa shape index (κ1) is 14.3. The monoisotopic (exact) mass is 303 g/mol. The van der Waals surface area contributed by atoms with Crippen LogP contribution in [-0.2, 0) is 6.54 Å². The highest BCUT2D eigenvalue weighted by Gasteiger charge is 2.10. The second-order valence-corrected chi connectivity index (χ2v) is 4.75. The molecule has 0 aliphatic rings. The van der Waals surface area contributed by atoms with E-state index in [-0.39, 0.29) is 11.4 Å². The Bertz CT molecular complexity index is 781. The molecule has 0 bridgehead atoms. The minimum absolute atomic E-state index is 0.203. The summed E-state index contributed by atoms with van der Waals surface area (Å²) in [7, 11) is 0. The van der Waals surface area contributed by atoms with Crippen molar-refractivity contribution in [3.63, 3.8) is 0 Å². The van der Waals surface area contributed by atoms with Gasteiger partial charge >= 0.3 is 0 Å². The van der Waals surface area contributed by atoms with Crippen LogP contribution in [0.1, 0.15) is 5.76 Å². The van der Waals surface area contributed by atoms with Gasteiger partial charge in [0.15, 0.2) is 0 Å². The fraction of sp³-hybridized carbons (Fsp3) is 0.0588. The summed E-state index contributed by atoms with van der Waals surface area (Å²) in [6.45, 7) is 0.369. The summed E-state index contributed by atoms with van der Waals surface area (Å²) < 4.78 is 44.9. The maximum Gasteiger partial charge on any atom is 0.137 e. The minimum Gasteiger partial charge on any atom is -0.459 e. The Balaban J connectivity index is 1.72. The van der Waals surface area contributed by atoms with Gasteiger partial charge in [-0.2, -0.15) is 0 Å². The zero-order chi connectivity index (χ0) is 15.5. The van der Waals surface area contributed by atoms with E-state index in [0.717, 1.165) is 11.8 Å². The smallest absolute Gasteiger partial charge is 0.137 e. The molecule has 0 aliphatic carbocycles. The summed E-state index contributed by atoms with van der Waals surface area (Å²) in [5.41, 5.74) is 0.946. The molecule has 0 aliphatic heterocycles. The van der Waals surface area contributed by atoms with E-state index in [1.54, 1.807) is 24.3 Å².